The molecule has 0 aliphatic rings. The number of furan rings is 1. The van der Waals surface area contributed by atoms with E-state index in [1.165, 1.54) is 16.7 Å². The van der Waals surface area contributed by atoms with Gasteiger partial charge in [-0.3, -0.25) is 0 Å². The van der Waals surface area contributed by atoms with E-state index in [0.29, 0.717) is 6.04 Å². The van der Waals surface area contributed by atoms with Crippen LogP contribution in [0.1, 0.15) is 63.4 Å². The molecule has 1 heterocycles. The molecular formula is C18H25NO. The van der Waals surface area contributed by atoms with Gasteiger partial charge in [-0.2, -0.15) is 0 Å². The zero-order valence-corrected chi connectivity index (χ0v) is 13.1. The second kappa shape index (κ2) is 5.84. The molecule has 0 bridgehead atoms. The molecule has 0 aliphatic heterocycles. The summed E-state index contributed by atoms with van der Waals surface area (Å²) in [6.07, 6.45) is 3.52. The molecule has 0 spiro atoms. The summed E-state index contributed by atoms with van der Waals surface area (Å²) in [4.78, 5) is 0. The number of rotatable bonds is 4. The van der Waals surface area contributed by atoms with Crippen molar-refractivity contribution < 1.29 is 4.42 Å². The van der Waals surface area contributed by atoms with Crippen LogP contribution in [-0.4, -0.2) is 0 Å². The van der Waals surface area contributed by atoms with Crippen molar-refractivity contribution >= 4 is 0 Å². The highest BCUT2D eigenvalue weighted by Gasteiger charge is 2.15. The first-order valence-corrected chi connectivity index (χ1v) is 7.26. The van der Waals surface area contributed by atoms with Gasteiger partial charge in [0.2, 0.25) is 0 Å². The lowest BCUT2D eigenvalue weighted by molar-refractivity contribution is 0.486. The van der Waals surface area contributed by atoms with Gasteiger partial charge in [0, 0.05) is 17.6 Å². The van der Waals surface area contributed by atoms with Crippen LogP contribution in [0.15, 0.2) is 47.3 Å². The first-order valence-electron chi connectivity index (χ1n) is 7.26. The Hall–Kier alpha value is -1.54. The minimum absolute atomic E-state index is 0.208. The zero-order chi connectivity index (χ0) is 14.8. The second-order valence-electron chi connectivity index (χ2n) is 6.54. The maximum atomic E-state index is 5.14. The molecule has 20 heavy (non-hydrogen) atoms. The van der Waals surface area contributed by atoms with Crippen LogP contribution >= 0.6 is 0 Å². The molecule has 0 saturated carbocycles. The van der Waals surface area contributed by atoms with Crippen LogP contribution < -0.4 is 5.32 Å². The Bertz CT molecular complexity index is 520. The average Bonchev–Trinajstić information content (AvgIpc) is 2.91. The lowest BCUT2D eigenvalue weighted by Crippen LogP contribution is -2.22. The van der Waals surface area contributed by atoms with E-state index >= 15 is 0 Å². The Kier molecular flexibility index (Phi) is 4.34. The molecule has 2 unspecified atom stereocenters. The molecule has 2 nitrogen and oxygen atoms in total. The van der Waals surface area contributed by atoms with E-state index in [0.717, 1.165) is 0 Å². The average molecular weight is 271 g/mol. The number of benzene rings is 1. The van der Waals surface area contributed by atoms with Gasteiger partial charge in [-0.05, 0) is 36.5 Å². The predicted octanol–water partition coefficient (Wildman–Crippen LogP) is 4.99. The fourth-order valence-corrected chi connectivity index (χ4v) is 2.36. The van der Waals surface area contributed by atoms with E-state index in [4.69, 9.17) is 4.42 Å². The minimum atomic E-state index is 0.208. The topological polar surface area (TPSA) is 25.2 Å². The van der Waals surface area contributed by atoms with Crippen molar-refractivity contribution in [2.75, 3.05) is 0 Å². The van der Waals surface area contributed by atoms with Crippen LogP contribution in [0.5, 0.6) is 0 Å². The molecule has 1 N–H and O–H groups in total. The van der Waals surface area contributed by atoms with Gasteiger partial charge in [0.1, 0.15) is 0 Å². The smallest absolute Gasteiger partial charge is 0.0950 e. The fraction of sp³-hybridized carbons (Fsp3) is 0.444. The van der Waals surface area contributed by atoms with E-state index in [1.807, 2.05) is 6.07 Å². The van der Waals surface area contributed by atoms with Crippen LogP contribution in [0, 0.1) is 0 Å². The van der Waals surface area contributed by atoms with E-state index in [2.05, 4.69) is 64.2 Å². The van der Waals surface area contributed by atoms with Gasteiger partial charge < -0.3 is 9.73 Å². The maximum absolute atomic E-state index is 5.14. The Morgan fingerprint density at radius 2 is 1.50 bits per heavy atom. The van der Waals surface area contributed by atoms with Gasteiger partial charge in [-0.15, -0.1) is 0 Å². The molecule has 2 aromatic rings. The molecule has 0 amide bonds. The molecule has 0 fully saturated rings. The summed E-state index contributed by atoms with van der Waals surface area (Å²) < 4.78 is 5.14. The Morgan fingerprint density at radius 1 is 0.900 bits per heavy atom. The molecule has 0 saturated heterocycles. The van der Waals surface area contributed by atoms with E-state index in [9.17, 15) is 0 Å². The largest absolute Gasteiger partial charge is 0.472 e. The Morgan fingerprint density at radius 3 is 2.00 bits per heavy atom. The number of nitrogens with one attached hydrogen (secondary N) is 1. The monoisotopic (exact) mass is 271 g/mol. The van der Waals surface area contributed by atoms with E-state index < -0.39 is 0 Å². The van der Waals surface area contributed by atoms with Crippen LogP contribution in [0.3, 0.4) is 0 Å². The van der Waals surface area contributed by atoms with Gasteiger partial charge in [-0.25, -0.2) is 0 Å². The summed E-state index contributed by atoms with van der Waals surface area (Å²) in [6.45, 7) is 11.1. The molecule has 0 aliphatic carbocycles. The quantitative estimate of drug-likeness (QED) is 0.847. The van der Waals surface area contributed by atoms with Gasteiger partial charge in [0.25, 0.3) is 0 Å². The summed E-state index contributed by atoms with van der Waals surface area (Å²) in [6, 6.07) is 11.5. The SMILES string of the molecule is CC(NC(C)c1ccoc1)c1ccc(C(C)(C)C)cc1. The van der Waals surface area contributed by atoms with Crippen LogP contribution in [0.2, 0.25) is 0 Å². The van der Waals surface area contributed by atoms with Crippen molar-refractivity contribution in [3.05, 3.63) is 59.5 Å². The Labute approximate surface area is 122 Å². The molecule has 1 aromatic heterocycles. The summed E-state index contributed by atoms with van der Waals surface area (Å²) in [5.74, 6) is 0. The lowest BCUT2D eigenvalue weighted by atomic mass is 9.86. The zero-order valence-electron chi connectivity index (χ0n) is 13.1. The summed E-state index contributed by atoms with van der Waals surface area (Å²) >= 11 is 0. The summed E-state index contributed by atoms with van der Waals surface area (Å²) in [7, 11) is 0. The predicted molar refractivity (Wildman–Crippen MR) is 83.8 cm³/mol. The first kappa shape index (κ1) is 14.9. The molecule has 0 radical (unpaired) electrons. The molecule has 108 valence electrons. The molecular weight excluding hydrogens is 246 g/mol. The standard InChI is InChI=1S/C18H25NO/c1-13(19-14(2)16-10-11-20-12-16)15-6-8-17(9-7-15)18(3,4)5/h6-14,19H,1-5H3. The number of hydrogen-bond acceptors (Lipinski definition) is 2. The first-order chi connectivity index (χ1) is 9.38. The molecule has 2 heteroatoms. The maximum Gasteiger partial charge on any atom is 0.0950 e. The molecule has 2 atom stereocenters. The minimum Gasteiger partial charge on any atom is -0.472 e. The van der Waals surface area contributed by atoms with Crippen molar-refractivity contribution in [3.63, 3.8) is 0 Å². The van der Waals surface area contributed by atoms with Crippen molar-refractivity contribution in [2.24, 2.45) is 0 Å². The van der Waals surface area contributed by atoms with Gasteiger partial charge in [0.15, 0.2) is 0 Å². The highest BCUT2D eigenvalue weighted by molar-refractivity contribution is 5.29. The number of hydrogen-bond donors (Lipinski definition) is 1. The van der Waals surface area contributed by atoms with Crippen LogP contribution in [0.4, 0.5) is 0 Å². The van der Waals surface area contributed by atoms with Gasteiger partial charge in [0.05, 0.1) is 12.5 Å². The lowest BCUT2D eigenvalue weighted by Gasteiger charge is -2.22. The highest BCUT2D eigenvalue weighted by Crippen LogP contribution is 2.25. The fourth-order valence-electron chi connectivity index (χ4n) is 2.36. The van der Waals surface area contributed by atoms with Gasteiger partial charge in [-0.1, -0.05) is 45.0 Å². The highest BCUT2D eigenvalue weighted by atomic mass is 16.3. The third-order valence-corrected chi connectivity index (χ3v) is 3.82. The van der Waals surface area contributed by atoms with Crippen LogP contribution in [0.25, 0.3) is 0 Å². The molecule has 2 rings (SSSR count). The normalized spacial score (nSPS) is 15.1. The second-order valence-corrected chi connectivity index (χ2v) is 6.54. The summed E-state index contributed by atoms with van der Waals surface area (Å²) in [5, 5.41) is 3.60. The van der Waals surface area contributed by atoms with Crippen molar-refractivity contribution in [1.29, 1.82) is 0 Å². The van der Waals surface area contributed by atoms with Crippen molar-refractivity contribution in [3.8, 4) is 0 Å². The van der Waals surface area contributed by atoms with E-state index in [-0.39, 0.29) is 11.5 Å². The van der Waals surface area contributed by atoms with Crippen molar-refractivity contribution in [1.82, 2.24) is 5.32 Å². The summed E-state index contributed by atoms with van der Waals surface area (Å²) in [5.41, 5.74) is 4.08. The third kappa shape index (κ3) is 3.51. The van der Waals surface area contributed by atoms with Crippen molar-refractivity contribution in [2.45, 2.75) is 52.1 Å². The molecule has 1 aromatic carbocycles. The van der Waals surface area contributed by atoms with Crippen LogP contribution in [-0.2, 0) is 5.41 Å². The van der Waals surface area contributed by atoms with E-state index in [1.54, 1.807) is 12.5 Å². The third-order valence-electron chi connectivity index (χ3n) is 3.82. The van der Waals surface area contributed by atoms with Gasteiger partial charge >= 0.3 is 0 Å². The Balaban J connectivity index is 2.04.